The predicted octanol–water partition coefficient (Wildman–Crippen LogP) is 4.58. The average Bonchev–Trinajstić information content (AvgIpc) is 3.19. The SMILES string of the molecule is O=C(Nc1ccccc1Cc1nc(-c2cccnc2)no1)c1ccc(I)cc1. The van der Waals surface area contributed by atoms with Gasteiger partial charge in [-0.1, -0.05) is 23.4 Å². The number of carbonyl (C=O) groups excluding carboxylic acids is 1. The zero-order valence-corrected chi connectivity index (χ0v) is 16.8. The molecule has 0 aliphatic carbocycles. The fraction of sp³-hybridized carbons (Fsp3) is 0.0476. The number of carbonyl (C=O) groups is 1. The van der Waals surface area contributed by atoms with Crippen LogP contribution in [-0.4, -0.2) is 21.0 Å². The average molecular weight is 482 g/mol. The van der Waals surface area contributed by atoms with E-state index >= 15 is 0 Å². The van der Waals surface area contributed by atoms with Gasteiger partial charge in [0.25, 0.3) is 5.91 Å². The third-order valence-electron chi connectivity index (χ3n) is 4.10. The van der Waals surface area contributed by atoms with E-state index in [1.54, 1.807) is 24.5 Å². The molecule has 2 heterocycles. The van der Waals surface area contributed by atoms with E-state index < -0.39 is 0 Å². The van der Waals surface area contributed by atoms with Crippen LogP contribution in [-0.2, 0) is 6.42 Å². The largest absolute Gasteiger partial charge is 0.339 e. The fourth-order valence-electron chi connectivity index (χ4n) is 2.69. The van der Waals surface area contributed by atoms with Gasteiger partial charge in [0.1, 0.15) is 0 Å². The molecule has 0 atom stereocenters. The molecule has 0 aliphatic rings. The second-order valence-electron chi connectivity index (χ2n) is 6.05. The number of para-hydroxylation sites is 1. The summed E-state index contributed by atoms with van der Waals surface area (Å²) in [6, 6.07) is 18.7. The molecule has 0 saturated carbocycles. The zero-order chi connectivity index (χ0) is 19.3. The van der Waals surface area contributed by atoms with Crippen molar-refractivity contribution in [1.29, 1.82) is 0 Å². The van der Waals surface area contributed by atoms with E-state index in [1.165, 1.54) is 0 Å². The molecule has 28 heavy (non-hydrogen) atoms. The molecule has 4 aromatic rings. The summed E-state index contributed by atoms with van der Waals surface area (Å²) < 4.78 is 6.46. The van der Waals surface area contributed by atoms with E-state index in [-0.39, 0.29) is 5.91 Å². The molecule has 0 radical (unpaired) electrons. The van der Waals surface area contributed by atoms with Gasteiger partial charge in [-0.05, 0) is 70.6 Å². The standard InChI is InChI=1S/C21H15IN4O2/c22-17-9-7-14(8-10-17)21(27)24-18-6-2-1-4-15(18)12-19-25-20(26-28-19)16-5-3-11-23-13-16/h1-11,13H,12H2,(H,24,27). The van der Waals surface area contributed by atoms with Crippen LogP contribution >= 0.6 is 22.6 Å². The summed E-state index contributed by atoms with van der Waals surface area (Å²) >= 11 is 2.21. The lowest BCUT2D eigenvalue weighted by Gasteiger charge is -2.10. The number of nitrogens with zero attached hydrogens (tertiary/aromatic N) is 3. The van der Waals surface area contributed by atoms with Gasteiger partial charge in [-0.25, -0.2) is 0 Å². The highest BCUT2D eigenvalue weighted by Gasteiger charge is 2.13. The Kier molecular flexibility index (Phi) is 5.43. The Hall–Kier alpha value is -3.07. The van der Waals surface area contributed by atoms with Crippen LogP contribution in [0.5, 0.6) is 0 Å². The molecular formula is C21H15IN4O2. The van der Waals surface area contributed by atoms with Crippen LogP contribution in [0.3, 0.4) is 0 Å². The van der Waals surface area contributed by atoms with Crippen molar-refractivity contribution in [2.45, 2.75) is 6.42 Å². The lowest BCUT2D eigenvalue weighted by molar-refractivity contribution is 0.102. The number of rotatable bonds is 5. The van der Waals surface area contributed by atoms with Gasteiger partial charge >= 0.3 is 0 Å². The Balaban J connectivity index is 1.53. The minimum Gasteiger partial charge on any atom is -0.339 e. The molecule has 0 aliphatic heterocycles. The Morgan fingerprint density at radius 3 is 2.64 bits per heavy atom. The number of pyridine rings is 1. The van der Waals surface area contributed by atoms with Crippen LogP contribution < -0.4 is 5.32 Å². The van der Waals surface area contributed by atoms with Gasteiger partial charge in [-0.3, -0.25) is 9.78 Å². The molecule has 0 spiro atoms. The van der Waals surface area contributed by atoms with E-state index in [0.29, 0.717) is 29.4 Å². The van der Waals surface area contributed by atoms with E-state index in [0.717, 1.165) is 14.7 Å². The maximum absolute atomic E-state index is 12.5. The summed E-state index contributed by atoms with van der Waals surface area (Å²) in [5.74, 6) is 0.795. The molecule has 0 bridgehead atoms. The number of benzene rings is 2. The Bertz CT molecular complexity index is 1090. The van der Waals surface area contributed by atoms with E-state index in [2.05, 4.69) is 43.0 Å². The first kappa shape index (κ1) is 18.3. The van der Waals surface area contributed by atoms with Gasteiger partial charge < -0.3 is 9.84 Å². The highest BCUT2D eigenvalue weighted by Crippen LogP contribution is 2.21. The number of halogens is 1. The van der Waals surface area contributed by atoms with Crippen molar-refractivity contribution >= 4 is 34.2 Å². The molecule has 6 nitrogen and oxygen atoms in total. The minimum atomic E-state index is -0.162. The normalized spacial score (nSPS) is 10.6. The maximum Gasteiger partial charge on any atom is 0.255 e. The number of amides is 1. The lowest BCUT2D eigenvalue weighted by atomic mass is 10.1. The van der Waals surface area contributed by atoms with E-state index in [4.69, 9.17) is 4.52 Å². The molecule has 4 rings (SSSR count). The van der Waals surface area contributed by atoms with Crippen LogP contribution in [0.4, 0.5) is 5.69 Å². The van der Waals surface area contributed by atoms with Crippen molar-refractivity contribution in [2.24, 2.45) is 0 Å². The molecule has 2 aromatic heterocycles. The van der Waals surface area contributed by atoms with Gasteiger partial charge in [-0.15, -0.1) is 0 Å². The molecule has 2 aromatic carbocycles. The third-order valence-corrected chi connectivity index (χ3v) is 4.82. The summed E-state index contributed by atoms with van der Waals surface area (Å²) in [7, 11) is 0. The summed E-state index contributed by atoms with van der Waals surface area (Å²) in [5, 5.41) is 6.98. The first-order valence-electron chi connectivity index (χ1n) is 8.57. The smallest absolute Gasteiger partial charge is 0.255 e. The molecular weight excluding hydrogens is 467 g/mol. The number of anilines is 1. The number of aromatic nitrogens is 3. The van der Waals surface area contributed by atoms with Crippen LogP contribution in [0.2, 0.25) is 0 Å². The van der Waals surface area contributed by atoms with Crippen LogP contribution in [0.25, 0.3) is 11.4 Å². The zero-order valence-electron chi connectivity index (χ0n) is 14.7. The Morgan fingerprint density at radius 2 is 1.86 bits per heavy atom. The van der Waals surface area contributed by atoms with E-state index in [9.17, 15) is 4.79 Å². The summed E-state index contributed by atoms with van der Waals surface area (Å²) in [5.41, 5.74) is 3.00. The molecule has 1 N–H and O–H groups in total. The fourth-order valence-corrected chi connectivity index (χ4v) is 3.05. The van der Waals surface area contributed by atoms with Gasteiger partial charge in [0.05, 0.1) is 6.42 Å². The second-order valence-corrected chi connectivity index (χ2v) is 7.29. The van der Waals surface area contributed by atoms with Gasteiger partial charge in [0.2, 0.25) is 11.7 Å². The Morgan fingerprint density at radius 1 is 1.04 bits per heavy atom. The van der Waals surface area contributed by atoms with Gasteiger partial charge in [0, 0.05) is 32.8 Å². The molecule has 1 amide bonds. The van der Waals surface area contributed by atoms with Crippen molar-refractivity contribution in [1.82, 2.24) is 15.1 Å². The minimum absolute atomic E-state index is 0.162. The predicted molar refractivity (Wildman–Crippen MR) is 114 cm³/mol. The molecule has 7 heteroatoms. The van der Waals surface area contributed by atoms with E-state index in [1.807, 2.05) is 48.5 Å². The molecule has 0 fully saturated rings. The van der Waals surface area contributed by atoms with Crippen molar-refractivity contribution in [2.75, 3.05) is 5.32 Å². The second kappa shape index (κ2) is 8.30. The highest BCUT2D eigenvalue weighted by molar-refractivity contribution is 14.1. The molecule has 138 valence electrons. The topological polar surface area (TPSA) is 80.9 Å². The van der Waals surface area contributed by atoms with Crippen molar-refractivity contribution in [3.63, 3.8) is 0 Å². The summed E-state index contributed by atoms with van der Waals surface area (Å²) in [6.07, 6.45) is 3.79. The van der Waals surface area contributed by atoms with Crippen LogP contribution in [0, 0.1) is 3.57 Å². The lowest BCUT2D eigenvalue weighted by Crippen LogP contribution is -2.13. The van der Waals surface area contributed by atoms with Gasteiger partial charge in [0.15, 0.2) is 0 Å². The number of nitrogens with one attached hydrogen (secondary N) is 1. The van der Waals surface area contributed by atoms with Crippen molar-refractivity contribution in [3.05, 3.63) is 93.6 Å². The number of hydrogen-bond acceptors (Lipinski definition) is 5. The number of hydrogen-bond donors (Lipinski definition) is 1. The summed E-state index contributed by atoms with van der Waals surface area (Å²) in [6.45, 7) is 0. The van der Waals surface area contributed by atoms with Crippen LogP contribution in [0.1, 0.15) is 21.8 Å². The van der Waals surface area contributed by atoms with Crippen LogP contribution in [0.15, 0.2) is 77.6 Å². The maximum atomic E-state index is 12.5. The monoisotopic (exact) mass is 482 g/mol. The highest BCUT2D eigenvalue weighted by atomic mass is 127. The Labute approximate surface area is 175 Å². The third kappa shape index (κ3) is 4.25. The van der Waals surface area contributed by atoms with Gasteiger partial charge in [-0.2, -0.15) is 4.98 Å². The molecule has 0 saturated heterocycles. The summed E-state index contributed by atoms with van der Waals surface area (Å²) in [4.78, 5) is 21.0. The van der Waals surface area contributed by atoms with Crippen molar-refractivity contribution in [3.8, 4) is 11.4 Å². The quantitative estimate of drug-likeness (QED) is 0.422. The first-order valence-corrected chi connectivity index (χ1v) is 9.65. The first-order chi connectivity index (χ1) is 13.7. The van der Waals surface area contributed by atoms with Crippen molar-refractivity contribution < 1.29 is 9.32 Å². The molecule has 0 unspecified atom stereocenters.